The third kappa shape index (κ3) is 6.74. The number of nitrogens with zero attached hydrogens (tertiary/aromatic N) is 2. The van der Waals surface area contributed by atoms with E-state index in [0.29, 0.717) is 47.7 Å². The highest BCUT2D eigenvalue weighted by atomic mass is 32.2. The molecule has 0 unspecified atom stereocenters. The molecule has 246 valence electrons. The molecule has 46 heavy (non-hydrogen) atoms. The first-order chi connectivity index (χ1) is 21.7. The van der Waals surface area contributed by atoms with Crippen molar-refractivity contribution >= 4 is 39.1 Å². The minimum absolute atomic E-state index is 0.0513. The molecule has 1 aliphatic rings. The molecule has 0 radical (unpaired) electrons. The van der Waals surface area contributed by atoms with Gasteiger partial charge in [-0.2, -0.15) is 0 Å². The summed E-state index contributed by atoms with van der Waals surface area (Å²) < 4.78 is 38.0. The quantitative estimate of drug-likeness (QED) is 0.260. The number of nitrogens with two attached hydrogens (primary N) is 1. The van der Waals surface area contributed by atoms with Crippen molar-refractivity contribution < 1.29 is 37.4 Å². The molecular formula is C33H40N4O8S. The number of anilines is 2. The highest BCUT2D eigenvalue weighted by Crippen LogP contribution is 2.41. The number of primary amides is 1. The van der Waals surface area contributed by atoms with Crippen molar-refractivity contribution in [2.45, 2.75) is 55.8 Å². The van der Waals surface area contributed by atoms with E-state index in [-0.39, 0.29) is 22.1 Å². The smallest absolute Gasteiger partial charge is 0.411 e. The number of ether oxygens (including phenoxy) is 2. The van der Waals surface area contributed by atoms with Crippen molar-refractivity contribution in [1.29, 1.82) is 0 Å². The fourth-order valence-electron chi connectivity index (χ4n) is 5.55. The van der Waals surface area contributed by atoms with Gasteiger partial charge in [-0.25, -0.2) is 13.2 Å². The van der Waals surface area contributed by atoms with Gasteiger partial charge in [0.05, 0.1) is 30.4 Å². The number of carbonyl (C=O) groups is 3. The first-order valence-corrected chi connectivity index (χ1v) is 16.3. The lowest BCUT2D eigenvalue weighted by atomic mass is 9.99. The average molecular weight is 653 g/mol. The van der Waals surface area contributed by atoms with Gasteiger partial charge in [0.2, 0.25) is 11.8 Å². The average Bonchev–Trinajstić information content (AvgIpc) is 3.53. The van der Waals surface area contributed by atoms with Crippen molar-refractivity contribution in [3.05, 3.63) is 76.9 Å². The van der Waals surface area contributed by atoms with Crippen LogP contribution in [0.1, 0.15) is 65.8 Å². The van der Waals surface area contributed by atoms with Crippen LogP contribution in [0, 0.1) is 6.92 Å². The number of benzene rings is 3. The number of carboxylic acid groups (broad SMARTS) is 1. The fraction of sp³-hybridized carbons (Fsp3) is 0.364. The van der Waals surface area contributed by atoms with Crippen LogP contribution in [0.3, 0.4) is 0 Å². The van der Waals surface area contributed by atoms with E-state index in [1.165, 1.54) is 33.4 Å². The molecule has 0 spiro atoms. The number of likely N-dealkylation sites (tertiary alicyclic amines) is 1. The maximum absolute atomic E-state index is 14.7. The van der Waals surface area contributed by atoms with E-state index < -0.39 is 39.2 Å². The zero-order chi connectivity index (χ0) is 33.9. The maximum atomic E-state index is 14.7. The van der Waals surface area contributed by atoms with E-state index in [2.05, 4.69) is 5.32 Å². The molecule has 3 aromatic rings. The molecule has 1 heterocycles. The summed E-state index contributed by atoms with van der Waals surface area (Å²) in [6.45, 7) is 5.31. The molecule has 3 amide bonds. The Labute approximate surface area is 269 Å². The monoisotopic (exact) mass is 652 g/mol. The van der Waals surface area contributed by atoms with Gasteiger partial charge in [0.25, 0.3) is 0 Å². The molecule has 4 rings (SSSR count). The zero-order valence-corrected chi connectivity index (χ0v) is 27.6. The Bertz CT molecular complexity index is 1760. The van der Waals surface area contributed by atoms with Crippen molar-refractivity contribution in [2.24, 2.45) is 5.73 Å². The summed E-state index contributed by atoms with van der Waals surface area (Å²) in [5.74, 6) is -0.119. The Kier molecular flexibility index (Phi) is 10.1. The van der Waals surface area contributed by atoms with Crippen molar-refractivity contribution in [2.75, 3.05) is 38.0 Å². The SMILES string of the molecule is COc1ccc([C@H](Nc2cc(C(N)=O)ccc2C)C(=O)N2CCC[C@@H]2c2cc(N(C)C(=O)O)ccc2S(=O)(=O)C(C)C)cc1OC. The number of methoxy groups -OCH3 is 2. The molecule has 4 N–H and O–H groups in total. The van der Waals surface area contributed by atoms with Gasteiger partial charge in [-0.3, -0.25) is 14.5 Å². The molecule has 0 bridgehead atoms. The molecule has 13 heteroatoms. The summed E-state index contributed by atoms with van der Waals surface area (Å²) in [5, 5.41) is 12.2. The number of hydrogen-bond acceptors (Lipinski definition) is 8. The Morgan fingerprint density at radius 2 is 1.72 bits per heavy atom. The van der Waals surface area contributed by atoms with Gasteiger partial charge >= 0.3 is 6.09 Å². The molecule has 0 aromatic heterocycles. The lowest BCUT2D eigenvalue weighted by Gasteiger charge is -2.32. The van der Waals surface area contributed by atoms with Crippen LogP contribution >= 0.6 is 0 Å². The standard InChI is InChI=1S/C33H40N4O8S/c1-19(2)46(42,43)29-14-12-23(36(4)33(40)41)18-24(29)26-8-7-15-37(26)32(39)30(21-11-13-27(44-5)28(17-21)45-6)35-25-16-22(31(34)38)10-9-20(25)3/h9-14,16-19,26,30,35H,7-8,15H2,1-6H3,(H2,34,38)(H,40,41)/t26-,30+/m1/s1. The summed E-state index contributed by atoms with van der Waals surface area (Å²) in [6, 6.07) is 12.8. The van der Waals surface area contributed by atoms with E-state index in [1.54, 1.807) is 61.2 Å². The molecule has 1 saturated heterocycles. The van der Waals surface area contributed by atoms with Crippen LogP contribution in [-0.4, -0.2) is 69.4 Å². The van der Waals surface area contributed by atoms with Crippen molar-refractivity contribution in [3.63, 3.8) is 0 Å². The number of sulfone groups is 1. The van der Waals surface area contributed by atoms with Crippen molar-refractivity contribution in [3.8, 4) is 11.5 Å². The van der Waals surface area contributed by atoms with E-state index >= 15 is 0 Å². The lowest BCUT2D eigenvalue weighted by Crippen LogP contribution is -2.38. The van der Waals surface area contributed by atoms with Crippen LogP contribution in [0.5, 0.6) is 11.5 Å². The van der Waals surface area contributed by atoms with Gasteiger partial charge in [-0.1, -0.05) is 12.1 Å². The van der Waals surface area contributed by atoms with Crippen LogP contribution in [0.25, 0.3) is 0 Å². The Hall–Kier alpha value is -4.78. The summed E-state index contributed by atoms with van der Waals surface area (Å²) in [5.41, 5.74) is 8.23. The molecule has 0 aliphatic carbocycles. The minimum Gasteiger partial charge on any atom is -0.493 e. The number of carbonyl (C=O) groups excluding carboxylic acids is 2. The van der Waals surface area contributed by atoms with Gasteiger partial charge in [0.1, 0.15) is 6.04 Å². The lowest BCUT2D eigenvalue weighted by molar-refractivity contribution is -0.133. The minimum atomic E-state index is -3.81. The van der Waals surface area contributed by atoms with Crippen LogP contribution in [0.4, 0.5) is 16.2 Å². The van der Waals surface area contributed by atoms with E-state index in [9.17, 15) is 27.9 Å². The van der Waals surface area contributed by atoms with Crippen LogP contribution in [0.15, 0.2) is 59.5 Å². The van der Waals surface area contributed by atoms with Crippen LogP contribution in [0.2, 0.25) is 0 Å². The molecule has 0 saturated carbocycles. The largest absolute Gasteiger partial charge is 0.493 e. The Balaban J connectivity index is 1.87. The Morgan fingerprint density at radius 3 is 2.33 bits per heavy atom. The highest BCUT2D eigenvalue weighted by molar-refractivity contribution is 7.92. The number of aryl methyl sites for hydroxylation is 1. The number of nitrogens with one attached hydrogen (secondary N) is 1. The predicted octanol–water partition coefficient (Wildman–Crippen LogP) is 4.92. The molecular weight excluding hydrogens is 612 g/mol. The van der Waals surface area contributed by atoms with E-state index in [4.69, 9.17) is 15.2 Å². The highest BCUT2D eigenvalue weighted by Gasteiger charge is 2.38. The van der Waals surface area contributed by atoms with Crippen LogP contribution < -0.4 is 25.4 Å². The predicted molar refractivity (Wildman–Crippen MR) is 174 cm³/mol. The molecule has 2 atom stereocenters. The molecule has 1 aliphatic heterocycles. The fourth-order valence-corrected chi connectivity index (χ4v) is 6.84. The topological polar surface area (TPSA) is 169 Å². The summed E-state index contributed by atoms with van der Waals surface area (Å²) >= 11 is 0. The molecule has 3 aromatic carbocycles. The number of rotatable bonds is 11. The summed E-state index contributed by atoms with van der Waals surface area (Å²) in [7, 11) is 0.555. The second-order valence-corrected chi connectivity index (χ2v) is 13.9. The van der Waals surface area contributed by atoms with Crippen molar-refractivity contribution in [1.82, 2.24) is 4.90 Å². The zero-order valence-electron chi connectivity index (χ0n) is 26.7. The third-order valence-corrected chi connectivity index (χ3v) is 10.5. The molecule has 12 nitrogen and oxygen atoms in total. The third-order valence-electron chi connectivity index (χ3n) is 8.30. The van der Waals surface area contributed by atoms with Gasteiger partial charge in [-0.15, -0.1) is 0 Å². The maximum Gasteiger partial charge on any atom is 0.411 e. The first kappa shape index (κ1) is 34.1. The van der Waals surface area contributed by atoms with Gasteiger partial charge < -0.3 is 30.5 Å². The normalized spacial score (nSPS) is 15.4. The van der Waals surface area contributed by atoms with E-state index in [1.807, 2.05) is 6.92 Å². The summed E-state index contributed by atoms with van der Waals surface area (Å²) in [4.78, 5) is 41.1. The number of hydrogen-bond donors (Lipinski definition) is 3. The second-order valence-electron chi connectivity index (χ2n) is 11.4. The second kappa shape index (κ2) is 13.7. The first-order valence-electron chi connectivity index (χ1n) is 14.7. The van der Waals surface area contributed by atoms with E-state index in [0.717, 1.165) is 10.5 Å². The summed E-state index contributed by atoms with van der Waals surface area (Å²) in [6.07, 6.45) is -0.164. The van der Waals surface area contributed by atoms with Gasteiger partial charge in [0.15, 0.2) is 21.3 Å². The molecule has 1 fully saturated rings. The van der Waals surface area contributed by atoms with Crippen LogP contribution in [-0.2, 0) is 14.6 Å². The van der Waals surface area contributed by atoms with Gasteiger partial charge in [-0.05, 0) is 92.8 Å². The Morgan fingerprint density at radius 1 is 1.02 bits per heavy atom. The van der Waals surface area contributed by atoms with Gasteiger partial charge in [0, 0.05) is 30.5 Å². The number of amides is 3.